The van der Waals surface area contributed by atoms with E-state index in [9.17, 15) is 23.1 Å². The minimum atomic E-state index is -3.84. The molecule has 43 heavy (non-hydrogen) atoms. The SMILES string of the molecule is Nc1nc(Nc2ccc(S(N)(=O)=O)cc2)nn1C(=O)Nc1ccc(-c2cc(OCc3ccccc3)cc(C(=O)O)c2)cc1. The summed E-state index contributed by atoms with van der Waals surface area (Å²) in [5.74, 6) is -0.862. The zero-order valence-corrected chi connectivity index (χ0v) is 23.2. The number of sulfonamides is 1. The number of carbonyl (C=O) groups excluding carboxylic acids is 1. The Labute approximate surface area is 245 Å². The molecule has 218 valence electrons. The molecule has 0 unspecified atom stereocenters. The Balaban J connectivity index is 1.27. The number of nitrogen functional groups attached to an aromatic ring is 1. The minimum absolute atomic E-state index is 0.00922. The number of aromatic nitrogens is 3. The van der Waals surface area contributed by atoms with Gasteiger partial charge in [0.2, 0.25) is 21.9 Å². The van der Waals surface area contributed by atoms with Crippen LogP contribution in [0.1, 0.15) is 15.9 Å². The molecule has 14 heteroatoms. The van der Waals surface area contributed by atoms with Gasteiger partial charge in [-0.2, -0.15) is 4.98 Å². The molecule has 0 aliphatic carbocycles. The lowest BCUT2D eigenvalue weighted by Gasteiger charge is -2.11. The molecule has 4 aromatic carbocycles. The summed E-state index contributed by atoms with van der Waals surface area (Å²) < 4.78 is 29.6. The van der Waals surface area contributed by atoms with Gasteiger partial charge in [0.25, 0.3) is 0 Å². The Hall–Kier alpha value is -5.73. The van der Waals surface area contributed by atoms with E-state index < -0.39 is 22.0 Å². The number of carbonyl (C=O) groups is 2. The van der Waals surface area contributed by atoms with Gasteiger partial charge in [-0.05, 0) is 71.3 Å². The third kappa shape index (κ3) is 7.13. The van der Waals surface area contributed by atoms with Crippen LogP contribution in [-0.2, 0) is 16.6 Å². The molecule has 0 saturated heterocycles. The number of nitrogens with one attached hydrogen (secondary N) is 2. The average Bonchev–Trinajstić information content (AvgIpc) is 3.36. The molecule has 1 amide bonds. The molecule has 0 aliphatic heterocycles. The highest BCUT2D eigenvalue weighted by atomic mass is 32.2. The Morgan fingerprint density at radius 1 is 0.884 bits per heavy atom. The number of ether oxygens (including phenoxy) is 1. The van der Waals surface area contributed by atoms with Gasteiger partial charge in [-0.1, -0.05) is 42.5 Å². The monoisotopic (exact) mass is 599 g/mol. The molecule has 0 aliphatic rings. The number of benzene rings is 4. The maximum atomic E-state index is 12.8. The van der Waals surface area contributed by atoms with Crippen LogP contribution in [0.5, 0.6) is 5.75 Å². The molecule has 0 spiro atoms. The Morgan fingerprint density at radius 3 is 2.21 bits per heavy atom. The van der Waals surface area contributed by atoms with Crippen molar-refractivity contribution < 1.29 is 27.9 Å². The second kappa shape index (κ2) is 12.0. The van der Waals surface area contributed by atoms with E-state index in [1.165, 1.54) is 30.3 Å². The molecular weight excluding hydrogens is 574 g/mol. The molecule has 0 radical (unpaired) electrons. The Morgan fingerprint density at radius 2 is 1.56 bits per heavy atom. The predicted octanol–water partition coefficient (Wildman–Crippen LogP) is 4.28. The van der Waals surface area contributed by atoms with Crippen LogP contribution >= 0.6 is 0 Å². The minimum Gasteiger partial charge on any atom is -0.489 e. The molecule has 1 aromatic heterocycles. The van der Waals surface area contributed by atoms with Crippen LogP contribution in [0.4, 0.5) is 28.1 Å². The molecule has 0 fully saturated rings. The summed E-state index contributed by atoms with van der Waals surface area (Å²) in [4.78, 5) is 28.5. The molecule has 5 rings (SSSR count). The highest BCUT2D eigenvalue weighted by Gasteiger charge is 2.16. The van der Waals surface area contributed by atoms with Gasteiger partial charge in [-0.25, -0.2) is 23.1 Å². The van der Waals surface area contributed by atoms with E-state index in [0.717, 1.165) is 10.2 Å². The van der Waals surface area contributed by atoms with Crippen LogP contribution < -0.4 is 26.2 Å². The third-order valence-corrected chi connectivity index (χ3v) is 7.06. The van der Waals surface area contributed by atoms with Crippen molar-refractivity contribution in [3.63, 3.8) is 0 Å². The highest BCUT2D eigenvalue weighted by Crippen LogP contribution is 2.28. The number of carboxylic acids is 1. The molecule has 0 bridgehead atoms. The number of hydrogen-bond donors (Lipinski definition) is 5. The second-order valence-corrected chi connectivity index (χ2v) is 10.8. The fourth-order valence-corrected chi connectivity index (χ4v) is 4.53. The van der Waals surface area contributed by atoms with Crippen molar-refractivity contribution in [1.82, 2.24) is 14.8 Å². The average molecular weight is 600 g/mol. The number of nitrogens with two attached hydrogens (primary N) is 2. The van der Waals surface area contributed by atoms with Crippen LogP contribution in [0.15, 0.2) is 102 Å². The summed E-state index contributed by atoms with van der Waals surface area (Å²) in [7, 11) is -3.84. The van der Waals surface area contributed by atoms with Crippen molar-refractivity contribution in [3.8, 4) is 16.9 Å². The first-order chi connectivity index (χ1) is 20.5. The van der Waals surface area contributed by atoms with Gasteiger partial charge >= 0.3 is 12.0 Å². The largest absolute Gasteiger partial charge is 0.489 e. The molecule has 0 atom stereocenters. The topological polar surface area (TPSA) is 205 Å². The number of hydrogen-bond acceptors (Lipinski definition) is 9. The van der Waals surface area contributed by atoms with E-state index in [0.29, 0.717) is 28.3 Å². The van der Waals surface area contributed by atoms with Gasteiger partial charge in [0.15, 0.2) is 0 Å². The maximum Gasteiger partial charge on any atom is 0.349 e. The standard InChI is InChI=1S/C29H25N7O6S/c30-27-34-28(32-22-10-12-25(13-11-22)43(31,40)41)35-36(27)29(39)33-23-8-6-19(7-9-23)20-14-21(26(37)38)16-24(15-20)42-17-18-4-2-1-3-5-18/h1-16H,17H2,(H,33,39)(H,37,38)(H2,31,40,41)(H3,30,32,34,35). The van der Waals surface area contributed by atoms with Crippen molar-refractivity contribution in [3.05, 3.63) is 108 Å². The van der Waals surface area contributed by atoms with E-state index in [2.05, 4.69) is 20.7 Å². The quantitative estimate of drug-likeness (QED) is 0.163. The summed E-state index contributed by atoms with van der Waals surface area (Å²) in [5, 5.41) is 24.3. The van der Waals surface area contributed by atoms with Crippen LogP contribution in [0, 0.1) is 0 Å². The summed E-state index contributed by atoms with van der Waals surface area (Å²) in [6, 6.07) is 25.9. The number of nitrogens with zero attached hydrogens (tertiary/aromatic N) is 3. The normalized spacial score (nSPS) is 11.1. The molecule has 7 N–H and O–H groups in total. The van der Waals surface area contributed by atoms with Crippen molar-refractivity contribution >= 4 is 45.3 Å². The van der Waals surface area contributed by atoms with E-state index in [4.69, 9.17) is 15.6 Å². The fraction of sp³-hybridized carbons (Fsp3) is 0.0345. The van der Waals surface area contributed by atoms with Crippen LogP contribution in [0.25, 0.3) is 11.1 Å². The zero-order chi connectivity index (χ0) is 30.6. The van der Waals surface area contributed by atoms with E-state index in [1.54, 1.807) is 36.4 Å². The van der Waals surface area contributed by atoms with E-state index in [1.807, 2.05) is 30.3 Å². The Bertz CT molecular complexity index is 1890. The van der Waals surface area contributed by atoms with Crippen molar-refractivity contribution in [2.24, 2.45) is 5.14 Å². The van der Waals surface area contributed by atoms with Gasteiger partial charge < -0.3 is 26.2 Å². The van der Waals surface area contributed by atoms with Crippen LogP contribution in [0.3, 0.4) is 0 Å². The fourth-order valence-electron chi connectivity index (χ4n) is 4.02. The number of anilines is 4. The lowest BCUT2D eigenvalue weighted by molar-refractivity contribution is 0.0696. The maximum absolute atomic E-state index is 12.8. The third-order valence-electron chi connectivity index (χ3n) is 6.13. The summed E-state index contributed by atoms with van der Waals surface area (Å²) >= 11 is 0. The van der Waals surface area contributed by atoms with Gasteiger partial charge in [0.05, 0.1) is 10.5 Å². The van der Waals surface area contributed by atoms with Crippen LogP contribution in [0.2, 0.25) is 0 Å². The smallest absolute Gasteiger partial charge is 0.349 e. The van der Waals surface area contributed by atoms with Gasteiger partial charge in [0.1, 0.15) is 12.4 Å². The van der Waals surface area contributed by atoms with Gasteiger partial charge in [-0.15, -0.1) is 9.78 Å². The van der Waals surface area contributed by atoms with E-state index in [-0.39, 0.29) is 29.0 Å². The van der Waals surface area contributed by atoms with Crippen LogP contribution in [-0.4, -0.2) is 40.3 Å². The van der Waals surface area contributed by atoms with Gasteiger partial charge in [0, 0.05) is 11.4 Å². The van der Waals surface area contributed by atoms with Crippen molar-refractivity contribution in [2.75, 3.05) is 16.4 Å². The highest BCUT2D eigenvalue weighted by molar-refractivity contribution is 7.89. The molecule has 1 heterocycles. The number of amides is 1. The van der Waals surface area contributed by atoms with Gasteiger partial charge in [-0.3, -0.25) is 0 Å². The second-order valence-electron chi connectivity index (χ2n) is 9.23. The molecule has 5 aromatic rings. The van der Waals surface area contributed by atoms with Crippen molar-refractivity contribution in [2.45, 2.75) is 11.5 Å². The first-order valence-electron chi connectivity index (χ1n) is 12.6. The lowest BCUT2D eigenvalue weighted by Crippen LogP contribution is -2.22. The summed E-state index contributed by atoms with van der Waals surface area (Å²) in [6.07, 6.45) is 0. The zero-order valence-electron chi connectivity index (χ0n) is 22.3. The first-order valence-corrected chi connectivity index (χ1v) is 14.2. The summed E-state index contributed by atoms with van der Waals surface area (Å²) in [6.45, 7) is 0.280. The van der Waals surface area contributed by atoms with Crippen molar-refractivity contribution in [1.29, 1.82) is 0 Å². The molecular formula is C29H25N7O6S. The molecule has 13 nitrogen and oxygen atoms in total. The summed E-state index contributed by atoms with van der Waals surface area (Å²) in [5.41, 5.74) is 9.08. The number of aromatic carboxylic acids is 1. The number of carboxylic acid groups (broad SMARTS) is 1. The molecule has 0 saturated carbocycles. The van der Waals surface area contributed by atoms with E-state index >= 15 is 0 Å². The number of rotatable bonds is 9. The lowest BCUT2D eigenvalue weighted by atomic mass is 10.0. The Kier molecular flexibility index (Phi) is 8.05. The first kappa shape index (κ1) is 28.8. The predicted molar refractivity (Wildman–Crippen MR) is 160 cm³/mol. The number of primary sulfonamides is 1.